The second-order valence-electron chi connectivity index (χ2n) is 3.87. The number of aromatic nitrogens is 2. The number of rotatable bonds is 4. The standard InChI is InChI=1S/C12H13BrN4OS/c1-7(12-15-3-4-19-12)17-11(18)9-5-8(13)6-16-10(9)14-2/h3-7H,1-2H3,(H,14,16)(H,17,18). The second kappa shape index (κ2) is 6.12. The number of hydrogen-bond acceptors (Lipinski definition) is 5. The van der Waals surface area contributed by atoms with Gasteiger partial charge in [0.25, 0.3) is 5.91 Å². The number of anilines is 1. The molecule has 0 aliphatic heterocycles. The molecule has 0 saturated heterocycles. The first kappa shape index (κ1) is 14.0. The molecule has 5 nitrogen and oxygen atoms in total. The molecule has 0 fully saturated rings. The molecule has 2 aromatic rings. The lowest BCUT2D eigenvalue weighted by Gasteiger charge is -2.13. The average molecular weight is 341 g/mol. The van der Waals surface area contributed by atoms with Gasteiger partial charge in [-0.3, -0.25) is 4.79 Å². The van der Waals surface area contributed by atoms with Crippen molar-refractivity contribution in [3.8, 4) is 0 Å². The molecule has 0 aliphatic rings. The molecule has 1 atom stereocenters. The molecule has 2 aromatic heterocycles. The van der Waals surface area contributed by atoms with Crippen LogP contribution in [0.5, 0.6) is 0 Å². The molecular weight excluding hydrogens is 328 g/mol. The van der Waals surface area contributed by atoms with Crippen LogP contribution >= 0.6 is 27.3 Å². The van der Waals surface area contributed by atoms with Crippen LogP contribution in [-0.2, 0) is 0 Å². The fraction of sp³-hybridized carbons (Fsp3) is 0.250. The second-order valence-corrected chi connectivity index (χ2v) is 5.71. The molecule has 19 heavy (non-hydrogen) atoms. The van der Waals surface area contributed by atoms with Crippen molar-refractivity contribution in [2.45, 2.75) is 13.0 Å². The van der Waals surface area contributed by atoms with Crippen molar-refractivity contribution in [3.05, 3.63) is 38.9 Å². The van der Waals surface area contributed by atoms with E-state index in [2.05, 4.69) is 36.5 Å². The lowest BCUT2D eigenvalue weighted by atomic mass is 10.2. The van der Waals surface area contributed by atoms with Crippen LogP contribution in [0.1, 0.15) is 28.3 Å². The van der Waals surface area contributed by atoms with E-state index in [1.165, 1.54) is 11.3 Å². The highest BCUT2D eigenvalue weighted by Crippen LogP contribution is 2.20. The van der Waals surface area contributed by atoms with Crippen LogP contribution in [0.25, 0.3) is 0 Å². The summed E-state index contributed by atoms with van der Waals surface area (Å²) in [4.78, 5) is 20.6. The summed E-state index contributed by atoms with van der Waals surface area (Å²) < 4.78 is 0.763. The van der Waals surface area contributed by atoms with Gasteiger partial charge >= 0.3 is 0 Å². The zero-order valence-electron chi connectivity index (χ0n) is 10.5. The number of thiazole rings is 1. The minimum Gasteiger partial charge on any atom is -0.372 e. The van der Waals surface area contributed by atoms with Gasteiger partial charge in [0.05, 0.1) is 11.6 Å². The number of carbonyl (C=O) groups excluding carboxylic acids is 1. The van der Waals surface area contributed by atoms with E-state index >= 15 is 0 Å². The van der Waals surface area contributed by atoms with Gasteiger partial charge in [0.1, 0.15) is 10.8 Å². The summed E-state index contributed by atoms with van der Waals surface area (Å²) >= 11 is 4.83. The van der Waals surface area contributed by atoms with Gasteiger partial charge in [0.15, 0.2) is 0 Å². The molecule has 2 N–H and O–H groups in total. The normalized spacial score (nSPS) is 11.9. The van der Waals surface area contributed by atoms with Crippen molar-refractivity contribution < 1.29 is 4.79 Å². The van der Waals surface area contributed by atoms with Crippen molar-refractivity contribution in [2.24, 2.45) is 0 Å². The Balaban J connectivity index is 2.18. The van der Waals surface area contributed by atoms with Gasteiger partial charge in [-0.1, -0.05) is 0 Å². The van der Waals surface area contributed by atoms with Crippen LogP contribution in [0.15, 0.2) is 28.3 Å². The Hall–Kier alpha value is -1.47. The highest BCUT2D eigenvalue weighted by atomic mass is 79.9. The van der Waals surface area contributed by atoms with E-state index in [1.54, 1.807) is 25.5 Å². The number of nitrogens with zero attached hydrogens (tertiary/aromatic N) is 2. The Morgan fingerprint density at radius 1 is 1.47 bits per heavy atom. The summed E-state index contributed by atoms with van der Waals surface area (Å²) in [6.45, 7) is 1.90. The molecular formula is C12H13BrN4OS. The molecule has 0 spiro atoms. The number of halogens is 1. The van der Waals surface area contributed by atoms with E-state index in [0.29, 0.717) is 11.4 Å². The SMILES string of the molecule is CNc1ncc(Br)cc1C(=O)NC(C)c1nccs1. The van der Waals surface area contributed by atoms with Crippen LogP contribution in [0, 0.1) is 0 Å². The minimum atomic E-state index is -0.180. The summed E-state index contributed by atoms with van der Waals surface area (Å²) in [6, 6.07) is 1.61. The molecule has 2 heterocycles. The molecule has 0 saturated carbocycles. The largest absolute Gasteiger partial charge is 0.372 e. The Morgan fingerprint density at radius 3 is 2.89 bits per heavy atom. The first-order chi connectivity index (χ1) is 9.11. The molecule has 2 rings (SSSR count). The quantitative estimate of drug-likeness (QED) is 0.897. The maximum atomic E-state index is 12.2. The molecule has 1 amide bonds. The van der Waals surface area contributed by atoms with Gasteiger partial charge < -0.3 is 10.6 Å². The topological polar surface area (TPSA) is 66.9 Å². The predicted octanol–water partition coefficient (Wildman–Crippen LogP) is 2.83. The summed E-state index contributed by atoms with van der Waals surface area (Å²) in [6.07, 6.45) is 3.37. The zero-order valence-corrected chi connectivity index (χ0v) is 12.9. The first-order valence-electron chi connectivity index (χ1n) is 5.65. The summed E-state index contributed by atoms with van der Waals surface area (Å²) in [5.74, 6) is 0.368. The van der Waals surface area contributed by atoms with Crippen LogP contribution in [0.2, 0.25) is 0 Å². The molecule has 0 bridgehead atoms. The van der Waals surface area contributed by atoms with Crippen LogP contribution in [0.4, 0.5) is 5.82 Å². The lowest BCUT2D eigenvalue weighted by Crippen LogP contribution is -2.27. The number of carbonyl (C=O) groups is 1. The van der Waals surface area contributed by atoms with E-state index < -0.39 is 0 Å². The number of hydrogen-bond donors (Lipinski definition) is 2. The maximum absolute atomic E-state index is 12.2. The van der Waals surface area contributed by atoms with Gasteiger partial charge in [0.2, 0.25) is 0 Å². The Kier molecular flexibility index (Phi) is 4.49. The van der Waals surface area contributed by atoms with Crippen molar-refractivity contribution in [2.75, 3.05) is 12.4 Å². The van der Waals surface area contributed by atoms with Crippen LogP contribution in [0.3, 0.4) is 0 Å². The Bertz CT molecular complexity index is 573. The molecule has 7 heteroatoms. The van der Waals surface area contributed by atoms with E-state index in [0.717, 1.165) is 9.48 Å². The van der Waals surface area contributed by atoms with Crippen molar-refractivity contribution in [1.82, 2.24) is 15.3 Å². The van der Waals surface area contributed by atoms with Crippen molar-refractivity contribution in [1.29, 1.82) is 0 Å². The maximum Gasteiger partial charge on any atom is 0.255 e. The van der Waals surface area contributed by atoms with Crippen molar-refractivity contribution >= 4 is 39.0 Å². The summed E-state index contributed by atoms with van der Waals surface area (Å²) in [7, 11) is 1.73. The fourth-order valence-electron chi connectivity index (χ4n) is 1.60. The third kappa shape index (κ3) is 3.30. The molecule has 0 radical (unpaired) electrons. The summed E-state index contributed by atoms with van der Waals surface area (Å²) in [5, 5.41) is 8.58. The van der Waals surface area contributed by atoms with E-state index in [-0.39, 0.29) is 11.9 Å². The number of amides is 1. The van der Waals surface area contributed by atoms with Crippen LogP contribution in [-0.4, -0.2) is 22.9 Å². The number of pyridine rings is 1. The third-order valence-electron chi connectivity index (χ3n) is 2.51. The minimum absolute atomic E-state index is 0.129. The smallest absolute Gasteiger partial charge is 0.255 e. The highest BCUT2D eigenvalue weighted by molar-refractivity contribution is 9.10. The van der Waals surface area contributed by atoms with Gasteiger partial charge in [-0.25, -0.2) is 9.97 Å². The molecule has 100 valence electrons. The molecule has 1 unspecified atom stereocenters. The molecule has 0 aliphatic carbocycles. The van der Waals surface area contributed by atoms with Gasteiger partial charge in [-0.05, 0) is 28.9 Å². The van der Waals surface area contributed by atoms with Crippen molar-refractivity contribution in [3.63, 3.8) is 0 Å². The Morgan fingerprint density at radius 2 is 2.26 bits per heavy atom. The van der Waals surface area contributed by atoms with Gasteiger partial charge in [-0.2, -0.15) is 0 Å². The van der Waals surface area contributed by atoms with E-state index in [1.807, 2.05) is 12.3 Å². The van der Waals surface area contributed by atoms with Gasteiger partial charge in [0, 0.05) is 29.3 Å². The average Bonchev–Trinajstić information content (AvgIpc) is 2.92. The zero-order chi connectivity index (χ0) is 13.8. The van der Waals surface area contributed by atoms with E-state index in [4.69, 9.17) is 0 Å². The predicted molar refractivity (Wildman–Crippen MR) is 79.5 cm³/mol. The number of nitrogens with one attached hydrogen (secondary N) is 2. The first-order valence-corrected chi connectivity index (χ1v) is 7.32. The summed E-state index contributed by atoms with van der Waals surface area (Å²) in [5.41, 5.74) is 0.500. The van der Waals surface area contributed by atoms with E-state index in [9.17, 15) is 4.79 Å². The monoisotopic (exact) mass is 340 g/mol. The van der Waals surface area contributed by atoms with Gasteiger partial charge in [-0.15, -0.1) is 11.3 Å². The van der Waals surface area contributed by atoms with Crippen LogP contribution < -0.4 is 10.6 Å². The fourth-order valence-corrected chi connectivity index (χ4v) is 2.57. The third-order valence-corrected chi connectivity index (χ3v) is 3.90. The lowest BCUT2D eigenvalue weighted by molar-refractivity contribution is 0.0940. The Labute approximate surface area is 123 Å². The molecule has 0 aromatic carbocycles. The highest BCUT2D eigenvalue weighted by Gasteiger charge is 2.17.